The molecule has 1 heterocycles. The molecule has 0 spiro atoms. The van der Waals surface area contributed by atoms with Gasteiger partial charge in [0.1, 0.15) is 11.4 Å². The Morgan fingerprint density at radius 1 is 1.57 bits per heavy atom. The third-order valence-electron chi connectivity index (χ3n) is 4.34. The van der Waals surface area contributed by atoms with Crippen LogP contribution in [0.5, 0.6) is 0 Å². The number of nitrogens with one attached hydrogen (secondary N) is 1. The van der Waals surface area contributed by atoms with Crippen molar-refractivity contribution in [2.24, 2.45) is 13.0 Å². The Bertz CT molecular complexity index is 726. The van der Waals surface area contributed by atoms with Crippen LogP contribution in [-0.4, -0.2) is 27.3 Å². The second kappa shape index (κ2) is 5.77. The third kappa shape index (κ3) is 3.42. The van der Waals surface area contributed by atoms with E-state index in [0.29, 0.717) is 12.0 Å². The standard InChI is InChI=1S/C17H20FN3O2/c1-17(23,12-8-20-21(2)9-12)10-19-16(22)15-7-14(15)11-4-3-5-13(18)6-11/h3-6,8-9,14-15,23H,7,10H2,1-2H3,(H,19,22). The van der Waals surface area contributed by atoms with Crippen molar-refractivity contribution in [2.45, 2.75) is 24.9 Å². The fourth-order valence-electron chi connectivity index (χ4n) is 2.78. The minimum Gasteiger partial charge on any atom is -0.383 e. The fraction of sp³-hybridized carbons (Fsp3) is 0.412. The maximum Gasteiger partial charge on any atom is 0.223 e. The van der Waals surface area contributed by atoms with Gasteiger partial charge in [-0.05, 0) is 37.0 Å². The van der Waals surface area contributed by atoms with Crippen LogP contribution in [0.1, 0.15) is 30.4 Å². The molecule has 2 N–H and O–H groups in total. The average Bonchev–Trinajstić information content (AvgIpc) is 3.19. The van der Waals surface area contributed by atoms with E-state index in [1.54, 1.807) is 37.1 Å². The van der Waals surface area contributed by atoms with Crippen molar-refractivity contribution in [1.82, 2.24) is 15.1 Å². The molecule has 3 unspecified atom stereocenters. The highest BCUT2D eigenvalue weighted by Crippen LogP contribution is 2.47. The van der Waals surface area contributed by atoms with Crippen LogP contribution in [0.4, 0.5) is 4.39 Å². The summed E-state index contributed by atoms with van der Waals surface area (Å²) in [7, 11) is 1.77. The van der Waals surface area contributed by atoms with E-state index in [2.05, 4.69) is 10.4 Å². The van der Waals surface area contributed by atoms with E-state index in [1.165, 1.54) is 12.1 Å². The number of hydrogen-bond acceptors (Lipinski definition) is 3. The fourth-order valence-corrected chi connectivity index (χ4v) is 2.78. The van der Waals surface area contributed by atoms with Crippen LogP contribution in [-0.2, 0) is 17.4 Å². The molecule has 122 valence electrons. The van der Waals surface area contributed by atoms with Gasteiger partial charge < -0.3 is 10.4 Å². The minimum absolute atomic E-state index is 0.0639. The van der Waals surface area contributed by atoms with E-state index >= 15 is 0 Å². The van der Waals surface area contributed by atoms with E-state index in [9.17, 15) is 14.3 Å². The molecular formula is C17H20FN3O2. The number of carbonyl (C=O) groups is 1. The van der Waals surface area contributed by atoms with Crippen molar-refractivity contribution in [2.75, 3.05) is 6.54 Å². The summed E-state index contributed by atoms with van der Waals surface area (Å²) in [6.45, 7) is 1.76. The molecule has 0 radical (unpaired) electrons. The van der Waals surface area contributed by atoms with Crippen LogP contribution in [0.3, 0.4) is 0 Å². The van der Waals surface area contributed by atoms with Crippen LogP contribution in [0.25, 0.3) is 0 Å². The molecule has 0 saturated heterocycles. The molecule has 1 aliphatic carbocycles. The highest BCUT2D eigenvalue weighted by Gasteiger charge is 2.44. The van der Waals surface area contributed by atoms with Crippen LogP contribution in [0.15, 0.2) is 36.7 Å². The Kier molecular flexibility index (Phi) is 3.93. The van der Waals surface area contributed by atoms with Crippen molar-refractivity contribution in [3.8, 4) is 0 Å². The normalized spacial score (nSPS) is 22.4. The highest BCUT2D eigenvalue weighted by atomic mass is 19.1. The van der Waals surface area contributed by atoms with Gasteiger partial charge in [-0.2, -0.15) is 5.10 Å². The summed E-state index contributed by atoms with van der Waals surface area (Å²) in [4.78, 5) is 12.2. The summed E-state index contributed by atoms with van der Waals surface area (Å²) in [5, 5.41) is 17.3. The Labute approximate surface area is 134 Å². The SMILES string of the molecule is Cn1cc(C(C)(O)CNC(=O)C2CC2c2cccc(F)c2)cn1. The van der Waals surface area contributed by atoms with Crippen LogP contribution >= 0.6 is 0 Å². The number of nitrogens with zero attached hydrogens (tertiary/aromatic N) is 2. The van der Waals surface area contributed by atoms with E-state index in [0.717, 1.165) is 5.56 Å². The highest BCUT2D eigenvalue weighted by molar-refractivity contribution is 5.83. The lowest BCUT2D eigenvalue weighted by Crippen LogP contribution is -2.39. The lowest BCUT2D eigenvalue weighted by Gasteiger charge is -2.22. The van der Waals surface area contributed by atoms with Crippen LogP contribution < -0.4 is 5.32 Å². The quantitative estimate of drug-likeness (QED) is 0.882. The average molecular weight is 317 g/mol. The number of aromatic nitrogens is 2. The van der Waals surface area contributed by atoms with Gasteiger partial charge >= 0.3 is 0 Å². The van der Waals surface area contributed by atoms with Gasteiger partial charge in [0, 0.05) is 24.7 Å². The summed E-state index contributed by atoms with van der Waals surface area (Å²) in [5.41, 5.74) is 0.328. The lowest BCUT2D eigenvalue weighted by molar-refractivity contribution is -0.123. The van der Waals surface area contributed by atoms with Crippen molar-refractivity contribution < 1.29 is 14.3 Å². The van der Waals surface area contributed by atoms with Gasteiger partial charge in [-0.25, -0.2) is 4.39 Å². The summed E-state index contributed by atoms with van der Waals surface area (Å²) >= 11 is 0. The number of halogens is 1. The Hall–Kier alpha value is -2.21. The molecule has 1 amide bonds. The summed E-state index contributed by atoms with van der Waals surface area (Å²) < 4.78 is 14.8. The van der Waals surface area contributed by atoms with Crippen LogP contribution in [0.2, 0.25) is 0 Å². The molecule has 0 bridgehead atoms. The molecule has 23 heavy (non-hydrogen) atoms. The lowest BCUT2D eigenvalue weighted by atomic mass is 9.99. The molecule has 1 fully saturated rings. The monoisotopic (exact) mass is 317 g/mol. The van der Waals surface area contributed by atoms with Crippen molar-refractivity contribution in [3.63, 3.8) is 0 Å². The van der Waals surface area contributed by atoms with Gasteiger partial charge in [-0.3, -0.25) is 9.48 Å². The first-order valence-corrected chi connectivity index (χ1v) is 7.61. The minimum atomic E-state index is -1.17. The molecule has 1 aromatic carbocycles. The molecule has 3 atom stereocenters. The van der Waals surface area contributed by atoms with Crippen molar-refractivity contribution in [3.05, 3.63) is 53.6 Å². The predicted octanol–water partition coefficient (Wildman–Crippen LogP) is 1.69. The molecule has 2 aromatic rings. The van der Waals surface area contributed by atoms with Gasteiger partial charge in [0.2, 0.25) is 5.91 Å². The topological polar surface area (TPSA) is 67.2 Å². The number of hydrogen-bond donors (Lipinski definition) is 2. The van der Waals surface area contributed by atoms with Gasteiger partial charge in [0.15, 0.2) is 0 Å². The number of aryl methyl sites for hydroxylation is 1. The number of carbonyl (C=O) groups excluding carboxylic acids is 1. The first kappa shape index (κ1) is 15.7. The van der Waals surface area contributed by atoms with Gasteiger partial charge in [-0.1, -0.05) is 12.1 Å². The van der Waals surface area contributed by atoms with E-state index < -0.39 is 5.60 Å². The third-order valence-corrected chi connectivity index (χ3v) is 4.34. The Balaban J connectivity index is 1.57. The van der Waals surface area contributed by atoms with Crippen molar-refractivity contribution in [1.29, 1.82) is 0 Å². The van der Waals surface area contributed by atoms with Gasteiger partial charge in [-0.15, -0.1) is 0 Å². The Morgan fingerprint density at radius 3 is 3.00 bits per heavy atom. The van der Waals surface area contributed by atoms with Crippen LogP contribution in [0, 0.1) is 11.7 Å². The zero-order valence-corrected chi connectivity index (χ0v) is 13.2. The molecule has 5 nitrogen and oxygen atoms in total. The maximum atomic E-state index is 13.2. The van der Waals surface area contributed by atoms with E-state index in [-0.39, 0.29) is 30.1 Å². The predicted molar refractivity (Wildman–Crippen MR) is 83.0 cm³/mol. The molecule has 1 aliphatic rings. The summed E-state index contributed by atoms with van der Waals surface area (Å²) in [6.07, 6.45) is 4.02. The summed E-state index contributed by atoms with van der Waals surface area (Å²) in [6, 6.07) is 6.37. The molecule has 3 rings (SSSR count). The second-order valence-electron chi connectivity index (χ2n) is 6.40. The van der Waals surface area contributed by atoms with E-state index in [4.69, 9.17) is 0 Å². The first-order valence-electron chi connectivity index (χ1n) is 7.61. The summed E-state index contributed by atoms with van der Waals surface area (Å²) in [5.74, 6) is -0.480. The zero-order valence-electron chi connectivity index (χ0n) is 13.2. The number of benzene rings is 1. The van der Waals surface area contributed by atoms with Gasteiger partial charge in [0.25, 0.3) is 0 Å². The van der Waals surface area contributed by atoms with Gasteiger partial charge in [0.05, 0.1) is 12.7 Å². The maximum absolute atomic E-state index is 13.2. The molecule has 0 aliphatic heterocycles. The second-order valence-corrected chi connectivity index (χ2v) is 6.40. The molecule has 1 saturated carbocycles. The smallest absolute Gasteiger partial charge is 0.223 e. The largest absolute Gasteiger partial charge is 0.383 e. The Morgan fingerprint density at radius 2 is 2.35 bits per heavy atom. The number of rotatable bonds is 5. The van der Waals surface area contributed by atoms with E-state index in [1.807, 2.05) is 6.07 Å². The zero-order chi connectivity index (χ0) is 16.6. The molecule has 1 aromatic heterocycles. The molecular weight excluding hydrogens is 297 g/mol. The molecule has 6 heteroatoms. The number of amides is 1. The number of aliphatic hydroxyl groups is 1. The van der Waals surface area contributed by atoms with Crippen molar-refractivity contribution >= 4 is 5.91 Å². The first-order chi connectivity index (χ1) is 10.9.